The van der Waals surface area contributed by atoms with Crippen LogP contribution in [0.2, 0.25) is 0 Å². The number of hydrogen-bond donors (Lipinski definition) is 1. The van der Waals surface area contributed by atoms with Crippen molar-refractivity contribution in [2.24, 2.45) is 0 Å². The predicted molar refractivity (Wildman–Crippen MR) is 123 cm³/mol. The zero-order valence-corrected chi connectivity index (χ0v) is 19.4. The number of halogens is 3. The molecule has 1 aliphatic rings. The molecule has 7 nitrogen and oxygen atoms in total. The Morgan fingerprint density at radius 2 is 1.80 bits per heavy atom. The molecule has 1 aliphatic heterocycles. The number of aromatic nitrogens is 2. The molecule has 35 heavy (non-hydrogen) atoms. The van der Waals surface area contributed by atoms with Crippen molar-refractivity contribution in [1.29, 1.82) is 0 Å². The number of nitrogens with one attached hydrogen (secondary N) is 1. The second-order valence-electron chi connectivity index (χ2n) is 8.39. The number of aryl methyl sites for hydroxylation is 2. The fourth-order valence-corrected chi connectivity index (χ4v) is 4.04. The number of nitrogens with zero attached hydrogens (tertiary/aromatic N) is 3. The number of carbonyl (C=O) groups is 2. The number of ether oxygens (including phenoxy) is 1. The molecule has 184 valence electrons. The van der Waals surface area contributed by atoms with Gasteiger partial charge in [0.2, 0.25) is 5.91 Å². The molecule has 0 unspecified atom stereocenters. The molecule has 2 heterocycles. The van der Waals surface area contributed by atoms with E-state index in [2.05, 4.69) is 10.4 Å². The third-order valence-corrected chi connectivity index (χ3v) is 5.72. The lowest BCUT2D eigenvalue weighted by Gasteiger charge is -2.17. The minimum Gasteiger partial charge on any atom is -0.484 e. The van der Waals surface area contributed by atoms with Crippen molar-refractivity contribution in [3.63, 3.8) is 0 Å². The van der Waals surface area contributed by atoms with Crippen LogP contribution in [0.3, 0.4) is 0 Å². The first kappa shape index (κ1) is 24.3. The number of amides is 2. The lowest BCUT2D eigenvalue weighted by atomic mass is 10.1. The van der Waals surface area contributed by atoms with Crippen LogP contribution in [0.1, 0.15) is 35.4 Å². The average Bonchev–Trinajstić information content (AvgIpc) is 3.40. The highest BCUT2D eigenvalue weighted by atomic mass is 19.4. The topological polar surface area (TPSA) is 76.5 Å². The zero-order chi connectivity index (χ0) is 25.2. The molecule has 0 bridgehead atoms. The lowest BCUT2D eigenvalue weighted by Crippen LogP contribution is -2.29. The van der Waals surface area contributed by atoms with Crippen LogP contribution >= 0.6 is 0 Å². The van der Waals surface area contributed by atoms with Crippen molar-refractivity contribution < 1.29 is 27.5 Å². The molecule has 0 atom stereocenters. The predicted octanol–water partition coefficient (Wildman–Crippen LogP) is 4.33. The van der Waals surface area contributed by atoms with Crippen LogP contribution in [-0.2, 0) is 22.3 Å². The van der Waals surface area contributed by atoms with Crippen molar-refractivity contribution in [2.45, 2.75) is 39.4 Å². The van der Waals surface area contributed by atoms with Gasteiger partial charge in [-0.05, 0) is 68.3 Å². The van der Waals surface area contributed by atoms with E-state index in [-0.39, 0.29) is 24.6 Å². The van der Waals surface area contributed by atoms with E-state index in [4.69, 9.17) is 4.74 Å². The Balaban J connectivity index is 1.37. The Bertz CT molecular complexity index is 1240. The van der Waals surface area contributed by atoms with Gasteiger partial charge >= 0.3 is 6.18 Å². The van der Waals surface area contributed by atoms with Gasteiger partial charge in [-0.2, -0.15) is 18.3 Å². The zero-order valence-electron chi connectivity index (χ0n) is 19.4. The van der Waals surface area contributed by atoms with Gasteiger partial charge in [0.15, 0.2) is 6.61 Å². The van der Waals surface area contributed by atoms with Crippen LogP contribution in [0.5, 0.6) is 5.75 Å². The summed E-state index contributed by atoms with van der Waals surface area (Å²) in [5.41, 5.74) is 1.57. The second-order valence-corrected chi connectivity index (χ2v) is 8.39. The molecule has 0 aliphatic carbocycles. The van der Waals surface area contributed by atoms with E-state index in [1.165, 1.54) is 10.7 Å². The molecule has 10 heteroatoms. The van der Waals surface area contributed by atoms with E-state index in [9.17, 15) is 22.8 Å². The maximum Gasteiger partial charge on any atom is 0.416 e. The molecule has 0 radical (unpaired) electrons. The molecule has 1 saturated heterocycles. The van der Waals surface area contributed by atoms with Gasteiger partial charge in [-0.1, -0.05) is 6.07 Å². The number of anilines is 1. The second kappa shape index (κ2) is 9.81. The summed E-state index contributed by atoms with van der Waals surface area (Å²) < 4.78 is 48.1. The largest absolute Gasteiger partial charge is 0.484 e. The molecule has 1 aromatic heterocycles. The number of alkyl halides is 3. The Morgan fingerprint density at radius 3 is 2.40 bits per heavy atom. The standard InChI is InChI=1S/C25H25F3N4O3/c1-16-12-17(2)32(30-16)20-6-5-18(22(13-20)25(26,27)28)14-29-23(33)15-35-21-9-7-19(8-10-21)31-11-3-4-24(31)34/h5-10,12-13H,3-4,11,14-15H2,1-2H3,(H,29,33). The summed E-state index contributed by atoms with van der Waals surface area (Å²) in [6, 6.07) is 12.5. The summed E-state index contributed by atoms with van der Waals surface area (Å²) in [5.74, 6) is -0.0699. The van der Waals surface area contributed by atoms with Gasteiger partial charge in [0, 0.05) is 30.9 Å². The fourth-order valence-electron chi connectivity index (χ4n) is 4.04. The fraction of sp³-hybridized carbons (Fsp3) is 0.320. The first-order valence-electron chi connectivity index (χ1n) is 11.2. The highest BCUT2D eigenvalue weighted by Crippen LogP contribution is 2.33. The normalized spacial score (nSPS) is 13.9. The van der Waals surface area contributed by atoms with Crippen molar-refractivity contribution in [2.75, 3.05) is 18.1 Å². The van der Waals surface area contributed by atoms with E-state index >= 15 is 0 Å². The number of hydrogen-bond acceptors (Lipinski definition) is 4. The van der Waals surface area contributed by atoms with Gasteiger partial charge in [-0.3, -0.25) is 9.59 Å². The van der Waals surface area contributed by atoms with Crippen LogP contribution < -0.4 is 15.0 Å². The molecule has 0 saturated carbocycles. The Hall–Kier alpha value is -3.82. The van der Waals surface area contributed by atoms with Crippen LogP contribution in [0.15, 0.2) is 48.5 Å². The summed E-state index contributed by atoms with van der Waals surface area (Å²) in [4.78, 5) is 25.7. The first-order valence-corrected chi connectivity index (χ1v) is 11.2. The molecule has 3 aromatic rings. The van der Waals surface area contributed by atoms with Crippen molar-refractivity contribution >= 4 is 17.5 Å². The summed E-state index contributed by atoms with van der Waals surface area (Å²) in [6.07, 6.45) is -3.25. The summed E-state index contributed by atoms with van der Waals surface area (Å²) >= 11 is 0. The molecule has 4 rings (SSSR count). The molecule has 1 N–H and O–H groups in total. The van der Waals surface area contributed by atoms with Gasteiger partial charge in [-0.25, -0.2) is 4.68 Å². The van der Waals surface area contributed by atoms with Gasteiger partial charge in [0.05, 0.1) is 16.9 Å². The number of benzene rings is 2. The summed E-state index contributed by atoms with van der Waals surface area (Å²) in [6.45, 7) is 3.55. The third-order valence-electron chi connectivity index (χ3n) is 5.72. The minimum absolute atomic E-state index is 0.0595. The van der Waals surface area contributed by atoms with Crippen molar-refractivity contribution in [1.82, 2.24) is 15.1 Å². The van der Waals surface area contributed by atoms with Crippen LogP contribution in [0, 0.1) is 13.8 Å². The highest BCUT2D eigenvalue weighted by molar-refractivity contribution is 5.95. The SMILES string of the molecule is Cc1cc(C)n(-c2ccc(CNC(=O)COc3ccc(N4CCCC4=O)cc3)c(C(F)(F)F)c2)n1. The molecular weight excluding hydrogens is 461 g/mol. The maximum atomic E-state index is 13.7. The van der Waals surface area contributed by atoms with Crippen molar-refractivity contribution in [3.05, 3.63) is 71.0 Å². The van der Waals surface area contributed by atoms with E-state index in [0.29, 0.717) is 35.8 Å². The number of rotatable bonds is 7. The molecule has 1 fully saturated rings. The third kappa shape index (κ3) is 5.64. The Morgan fingerprint density at radius 1 is 1.09 bits per heavy atom. The van der Waals surface area contributed by atoms with Crippen LogP contribution in [-0.4, -0.2) is 34.7 Å². The van der Waals surface area contributed by atoms with E-state index in [1.54, 1.807) is 55.1 Å². The Kier molecular flexibility index (Phi) is 6.81. The molecular formula is C25H25F3N4O3. The minimum atomic E-state index is -4.60. The van der Waals surface area contributed by atoms with Crippen molar-refractivity contribution in [3.8, 4) is 11.4 Å². The van der Waals surface area contributed by atoms with Crippen LogP contribution in [0.25, 0.3) is 5.69 Å². The number of carbonyl (C=O) groups excluding carboxylic acids is 2. The Labute approximate surface area is 200 Å². The van der Waals surface area contributed by atoms with Gasteiger partial charge in [0.25, 0.3) is 5.91 Å². The van der Waals surface area contributed by atoms with Gasteiger partial charge < -0.3 is 15.0 Å². The summed E-state index contributed by atoms with van der Waals surface area (Å²) in [7, 11) is 0. The molecule has 0 spiro atoms. The highest BCUT2D eigenvalue weighted by Gasteiger charge is 2.34. The van der Waals surface area contributed by atoms with E-state index in [0.717, 1.165) is 18.2 Å². The van der Waals surface area contributed by atoms with Gasteiger partial charge in [0.1, 0.15) is 5.75 Å². The maximum absolute atomic E-state index is 13.7. The lowest BCUT2D eigenvalue weighted by molar-refractivity contribution is -0.138. The van der Waals surface area contributed by atoms with E-state index < -0.39 is 17.6 Å². The smallest absolute Gasteiger partial charge is 0.416 e. The van der Waals surface area contributed by atoms with E-state index in [1.807, 2.05) is 0 Å². The summed E-state index contributed by atoms with van der Waals surface area (Å²) in [5, 5.41) is 6.71. The molecule has 2 amide bonds. The first-order chi connectivity index (χ1) is 16.6. The quantitative estimate of drug-likeness (QED) is 0.540. The monoisotopic (exact) mass is 486 g/mol. The molecule has 2 aromatic carbocycles. The average molecular weight is 486 g/mol. The van der Waals surface area contributed by atoms with Crippen LogP contribution in [0.4, 0.5) is 18.9 Å². The van der Waals surface area contributed by atoms with Gasteiger partial charge in [-0.15, -0.1) is 0 Å².